The Balaban J connectivity index is 1.33. The van der Waals surface area contributed by atoms with Gasteiger partial charge in [-0.05, 0) is 53.9 Å². The highest BCUT2D eigenvalue weighted by atomic mass is 32.2. The molecule has 3 aromatic rings. The van der Waals surface area contributed by atoms with Crippen LogP contribution in [-0.4, -0.2) is 29.0 Å². The molecule has 0 saturated heterocycles. The Labute approximate surface area is 174 Å². The fraction of sp³-hybridized carbons (Fsp3) is 0.217. The van der Waals surface area contributed by atoms with E-state index in [-0.39, 0.29) is 11.8 Å². The quantitative estimate of drug-likeness (QED) is 0.608. The first kappa shape index (κ1) is 19.3. The van der Waals surface area contributed by atoms with Crippen LogP contribution in [0.25, 0.3) is 0 Å². The average Bonchev–Trinajstić information content (AvgIpc) is 3.28. The Morgan fingerprint density at radius 3 is 2.69 bits per heavy atom. The van der Waals surface area contributed by atoms with Crippen molar-refractivity contribution in [3.05, 3.63) is 83.8 Å². The van der Waals surface area contributed by atoms with E-state index in [4.69, 9.17) is 4.42 Å². The number of anilines is 1. The van der Waals surface area contributed by atoms with Gasteiger partial charge in [0.2, 0.25) is 5.91 Å². The zero-order valence-corrected chi connectivity index (χ0v) is 16.8. The van der Waals surface area contributed by atoms with E-state index in [1.165, 1.54) is 11.8 Å². The third kappa shape index (κ3) is 4.90. The lowest BCUT2D eigenvalue weighted by molar-refractivity contribution is -0.115. The molecule has 29 heavy (non-hydrogen) atoms. The first-order valence-electron chi connectivity index (χ1n) is 9.61. The minimum atomic E-state index is -0.104. The maximum atomic E-state index is 12.5. The number of carbonyl (C=O) groups is 2. The van der Waals surface area contributed by atoms with Crippen molar-refractivity contribution in [2.45, 2.75) is 24.3 Å². The van der Waals surface area contributed by atoms with Gasteiger partial charge in [-0.2, -0.15) is 0 Å². The van der Waals surface area contributed by atoms with E-state index in [1.807, 2.05) is 48.5 Å². The van der Waals surface area contributed by atoms with Gasteiger partial charge in [-0.1, -0.05) is 24.3 Å². The number of amides is 2. The number of hydrogen-bond donors (Lipinski definition) is 1. The number of fused-ring (bicyclic) bond motifs is 1. The summed E-state index contributed by atoms with van der Waals surface area (Å²) in [6.45, 7) is 1.18. The molecule has 0 fully saturated rings. The molecule has 0 unspecified atom stereocenters. The topological polar surface area (TPSA) is 62.6 Å². The predicted octanol–water partition coefficient (Wildman–Crippen LogP) is 4.60. The Morgan fingerprint density at radius 1 is 1.03 bits per heavy atom. The standard InChI is InChI=1S/C23H22N2O3S/c26-22(11-14-29-20-5-2-1-3-6-20)24-19-9-8-17-10-12-25(16-18(17)15-19)23(27)21-7-4-13-28-21/h1-9,13,15H,10-12,14,16H2,(H,24,26). The van der Waals surface area contributed by atoms with Crippen molar-refractivity contribution in [2.24, 2.45) is 0 Å². The fourth-order valence-corrected chi connectivity index (χ4v) is 4.24. The van der Waals surface area contributed by atoms with Crippen LogP contribution >= 0.6 is 11.8 Å². The van der Waals surface area contributed by atoms with Crippen LogP contribution in [0.1, 0.15) is 28.1 Å². The summed E-state index contributed by atoms with van der Waals surface area (Å²) in [7, 11) is 0. The van der Waals surface area contributed by atoms with Crippen molar-refractivity contribution >= 4 is 29.3 Å². The maximum Gasteiger partial charge on any atom is 0.289 e. The Hall–Kier alpha value is -2.99. The largest absolute Gasteiger partial charge is 0.459 e. The molecule has 6 heteroatoms. The lowest BCUT2D eigenvalue weighted by atomic mass is 9.99. The van der Waals surface area contributed by atoms with Crippen LogP contribution in [0, 0.1) is 0 Å². The maximum absolute atomic E-state index is 12.5. The van der Waals surface area contributed by atoms with Gasteiger partial charge in [-0.25, -0.2) is 0 Å². The summed E-state index contributed by atoms with van der Waals surface area (Å²) >= 11 is 1.67. The number of carbonyl (C=O) groups excluding carboxylic acids is 2. The number of furan rings is 1. The van der Waals surface area contributed by atoms with Crippen molar-refractivity contribution < 1.29 is 14.0 Å². The summed E-state index contributed by atoms with van der Waals surface area (Å²) in [6, 6.07) is 19.4. The summed E-state index contributed by atoms with van der Waals surface area (Å²) in [6.07, 6.45) is 2.75. The van der Waals surface area contributed by atoms with Crippen molar-refractivity contribution in [3.63, 3.8) is 0 Å². The van der Waals surface area contributed by atoms with E-state index in [2.05, 4.69) is 5.32 Å². The average molecular weight is 407 g/mol. The van der Waals surface area contributed by atoms with Crippen molar-refractivity contribution in [1.82, 2.24) is 4.90 Å². The minimum Gasteiger partial charge on any atom is -0.459 e. The first-order valence-corrected chi connectivity index (χ1v) is 10.6. The first-order chi connectivity index (χ1) is 14.2. The van der Waals surface area contributed by atoms with Crippen LogP contribution < -0.4 is 5.32 Å². The van der Waals surface area contributed by atoms with E-state index in [9.17, 15) is 9.59 Å². The Morgan fingerprint density at radius 2 is 1.90 bits per heavy atom. The molecular weight excluding hydrogens is 384 g/mol. The monoisotopic (exact) mass is 406 g/mol. The van der Waals surface area contributed by atoms with E-state index < -0.39 is 0 Å². The van der Waals surface area contributed by atoms with Crippen molar-refractivity contribution in [2.75, 3.05) is 17.6 Å². The molecule has 0 spiro atoms. The second-order valence-electron chi connectivity index (χ2n) is 6.90. The molecule has 0 saturated carbocycles. The fourth-order valence-electron chi connectivity index (χ4n) is 3.37. The molecule has 1 N–H and O–H groups in total. The molecule has 1 aliphatic rings. The van der Waals surface area contributed by atoms with Gasteiger partial charge in [-0.15, -0.1) is 11.8 Å². The second-order valence-corrected chi connectivity index (χ2v) is 8.07. The lowest BCUT2D eigenvalue weighted by Gasteiger charge is -2.28. The number of thioether (sulfide) groups is 1. The highest BCUT2D eigenvalue weighted by Gasteiger charge is 2.23. The van der Waals surface area contributed by atoms with Crippen LogP contribution in [0.3, 0.4) is 0 Å². The molecule has 0 aliphatic carbocycles. The molecule has 2 heterocycles. The zero-order chi connectivity index (χ0) is 20.1. The SMILES string of the molecule is O=C(CCSc1ccccc1)Nc1ccc2c(c1)CN(C(=O)c1ccco1)CC2. The van der Waals surface area contributed by atoms with Crippen LogP contribution in [0.2, 0.25) is 0 Å². The van der Waals surface area contributed by atoms with Crippen LogP contribution in [-0.2, 0) is 17.8 Å². The van der Waals surface area contributed by atoms with Gasteiger partial charge >= 0.3 is 0 Å². The Kier molecular flexibility index (Phi) is 6.00. The van der Waals surface area contributed by atoms with Gasteiger partial charge in [0.1, 0.15) is 0 Å². The van der Waals surface area contributed by atoms with Gasteiger partial charge in [0.05, 0.1) is 6.26 Å². The van der Waals surface area contributed by atoms with Gasteiger partial charge in [0.15, 0.2) is 5.76 Å². The molecule has 1 aromatic heterocycles. The molecule has 5 nitrogen and oxygen atoms in total. The molecular formula is C23H22N2O3S. The Bertz CT molecular complexity index is 987. The minimum absolute atomic E-state index is 0.00675. The van der Waals surface area contributed by atoms with Crippen LogP contribution in [0.15, 0.2) is 76.2 Å². The lowest BCUT2D eigenvalue weighted by Crippen LogP contribution is -2.35. The number of rotatable bonds is 6. The number of nitrogens with zero attached hydrogens (tertiary/aromatic N) is 1. The molecule has 1 aliphatic heterocycles. The van der Waals surface area contributed by atoms with Gasteiger partial charge < -0.3 is 14.6 Å². The third-order valence-corrected chi connectivity index (χ3v) is 5.88. The van der Waals surface area contributed by atoms with Crippen LogP contribution in [0.5, 0.6) is 0 Å². The molecule has 0 radical (unpaired) electrons. The third-order valence-electron chi connectivity index (χ3n) is 4.86. The van der Waals surface area contributed by atoms with E-state index in [1.54, 1.807) is 28.8 Å². The molecule has 2 aromatic carbocycles. The molecule has 148 valence electrons. The summed E-state index contributed by atoms with van der Waals surface area (Å²) < 4.78 is 5.23. The molecule has 4 rings (SSSR count). The van der Waals surface area contributed by atoms with Crippen LogP contribution in [0.4, 0.5) is 5.69 Å². The zero-order valence-electron chi connectivity index (χ0n) is 16.0. The van der Waals surface area contributed by atoms with E-state index >= 15 is 0 Å². The van der Waals surface area contributed by atoms with Gasteiger partial charge in [0, 0.05) is 35.8 Å². The summed E-state index contributed by atoms with van der Waals surface area (Å²) in [4.78, 5) is 27.8. The number of nitrogens with one attached hydrogen (secondary N) is 1. The van der Waals surface area contributed by atoms with E-state index in [0.29, 0.717) is 25.3 Å². The highest BCUT2D eigenvalue weighted by molar-refractivity contribution is 7.99. The smallest absolute Gasteiger partial charge is 0.289 e. The normalized spacial score (nSPS) is 13.0. The number of benzene rings is 2. The number of hydrogen-bond acceptors (Lipinski definition) is 4. The van der Waals surface area contributed by atoms with Gasteiger partial charge in [0.25, 0.3) is 5.91 Å². The highest BCUT2D eigenvalue weighted by Crippen LogP contribution is 2.24. The molecule has 2 amide bonds. The van der Waals surface area contributed by atoms with Gasteiger partial charge in [-0.3, -0.25) is 9.59 Å². The summed E-state index contributed by atoms with van der Waals surface area (Å²) in [5.74, 6) is 0.973. The van der Waals surface area contributed by atoms with Crippen molar-refractivity contribution in [1.29, 1.82) is 0 Å². The summed E-state index contributed by atoms with van der Waals surface area (Å²) in [5, 5.41) is 2.98. The predicted molar refractivity (Wildman–Crippen MR) is 114 cm³/mol. The summed E-state index contributed by atoms with van der Waals surface area (Å²) in [5.41, 5.74) is 3.05. The molecule has 0 atom stereocenters. The van der Waals surface area contributed by atoms with Crippen molar-refractivity contribution in [3.8, 4) is 0 Å². The van der Waals surface area contributed by atoms with E-state index in [0.717, 1.165) is 28.3 Å². The second kappa shape index (κ2) is 9.01. The molecule has 0 bridgehead atoms.